The zero-order valence-electron chi connectivity index (χ0n) is 23.9. The fraction of sp³-hybridized carbons (Fsp3) is 0.457. The Morgan fingerprint density at radius 3 is 2.54 bits per heavy atom. The molecule has 0 aromatic heterocycles. The van der Waals surface area contributed by atoms with E-state index < -0.39 is 0 Å². The van der Waals surface area contributed by atoms with Crippen LogP contribution in [0.4, 0.5) is 0 Å². The maximum Gasteiger partial charge on any atom is 0.251 e. The van der Waals surface area contributed by atoms with Gasteiger partial charge in [0.2, 0.25) is 0 Å². The SMILES string of the molecule is COc1ccc(-c2ccc(CCNC(=O)c3ccc4c(c3)[C@]3(C)CCN(CC5CC5)[C@H](C4)[C@@H]3C)cc2)cc1C. The van der Waals surface area contributed by atoms with E-state index in [0.717, 1.165) is 35.6 Å². The highest BCUT2D eigenvalue weighted by Crippen LogP contribution is 2.49. The Morgan fingerprint density at radius 1 is 1.05 bits per heavy atom. The Labute approximate surface area is 233 Å². The van der Waals surface area contributed by atoms with E-state index in [2.05, 4.69) is 79.5 Å². The van der Waals surface area contributed by atoms with E-state index in [1.54, 1.807) is 7.11 Å². The second-order valence-electron chi connectivity index (χ2n) is 12.4. The summed E-state index contributed by atoms with van der Waals surface area (Å²) in [6.07, 6.45) is 5.94. The molecular formula is C35H42N2O2. The highest BCUT2D eigenvalue weighted by molar-refractivity contribution is 5.94. The van der Waals surface area contributed by atoms with Crippen LogP contribution in [0.3, 0.4) is 0 Å². The van der Waals surface area contributed by atoms with Gasteiger partial charge in [-0.05, 0) is 120 Å². The van der Waals surface area contributed by atoms with Crippen molar-refractivity contribution in [1.29, 1.82) is 0 Å². The lowest BCUT2D eigenvalue weighted by atomic mass is 9.59. The molecule has 2 bridgehead atoms. The minimum atomic E-state index is 0.0349. The summed E-state index contributed by atoms with van der Waals surface area (Å²) in [4.78, 5) is 15.9. The number of likely N-dealkylation sites (tertiary alicyclic amines) is 1. The van der Waals surface area contributed by atoms with Gasteiger partial charge in [0.15, 0.2) is 0 Å². The van der Waals surface area contributed by atoms with Gasteiger partial charge in [0.05, 0.1) is 7.11 Å². The predicted octanol–water partition coefficient (Wildman–Crippen LogP) is 6.58. The molecule has 4 nitrogen and oxygen atoms in total. The Morgan fingerprint density at radius 2 is 1.82 bits per heavy atom. The first-order chi connectivity index (χ1) is 18.9. The van der Waals surface area contributed by atoms with Crippen LogP contribution < -0.4 is 10.1 Å². The number of carbonyl (C=O) groups excluding carboxylic acids is 1. The largest absolute Gasteiger partial charge is 0.496 e. The third-order valence-corrected chi connectivity index (χ3v) is 9.96. The Bertz CT molecular complexity index is 1360. The third kappa shape index (κ3) is 5.12. The maximum absolute atomic E-state index is 13.2. The number of carbonyl (C=O) groups is 1. The van der Waals surface area contributed by atoms with Crippen LogP contribution in [-0.2, 0) is 18.3 Å². The molecule has 0 spiro atoms. The maximum atomic E-state index is 13.2. The highest BCUT2D eigenvalue weighted by Gasteiger charge is 2.49. The molecule has 204 valence electrons. The van der Waals surface area contributed by atoms with Crippen LogP contribution in [0.15, 0.2) is 60.7 Å². The Kier molecular flexibility index (Phi) is 7.01. The number of methoxy groups -OCH3 is 1. The number of hydrogen-bond acceptors (Lipinski definition) is 3. The lowest BCUT2D eigenvalue weighted by Gasteiger charge is -2.55. The fourth-order valence-electron chi connectivity index (χ4n) is 7.05. The van der Waals surface area contributed by atoms with E-state index >= 15 is 0 Å². The molecule has 1 saturated carbocycles. The third-order valence-electron chi connectivity index (χ3n) is 9.96. The van der Waals surface area contributed by atoms with Gasteiger partial charge < -0.3 is 10.1 Å². The van der Waals surface area contributed by atoms with Gasteiger partial charge in [-0.2, -0.15) is 0 Å². The molecule has 2 fully saturated rings. The van der Waals surface area contributed by atoms with Gasteiger partial charge in [-0.15, -0.1) is 0 Å². The molecule has 39 heavy (non-hydrogen) atoms. The first-order valence-corrected chi connectivity index (χ1v) is 14.8. The van der Waals surface area contributed by atoms with E-state index in [1.165, 1.54) is 60.2 Å². The molecule has 6 rings (SSSR count). The number of aryl methyl sites for hydroxylation is 1. The van der Waals surface area contributed by atoms with Crippen LogP contribution in [0.5, 0.6) is 5.75 Å². The molecule has 3 aromatic carbocycles. The van der Waals surface area contributed by atoms with Crippen molar-refractivity contribution in [2.24, 2.45) is 11.8 Å². The summed E-state index contributed by atoms with van der Waals surface area (Å²) in [6, 6.07) is 22.0. The van der Waals surface area contributed by atoms with Crippen LogP contribution in [-0.4, -0.2) is 43.6 Å². The normalized spacial score (nSPS) is 24.2. The number of nitrogens with one attached hydrogen (secondary N) is 1. The van der Waals surface area contributed by atoms with Crippen molar-refractivity contribution < 1.29 is 9.53 Å². The van der Waals surface area contributed by atoms with Crippen molar-refractivity contribution >= 4 is 5.91 Å². The van der Waals surface area contributed by atoms with Gasteiger partial charge >= 0.3 is 0 Å². The predicted molar refractivity (Wildman–Crippen MR) is 159 cm³/mol. The number of piperidine rings is 1. The summed E-state index contributed by atoms with van der Waals surface area (Å²) in [5.41, 5.74) is 8.53. The first kappa shape index (κ1) is 26.1. The molecule has 3 atom stereocenters. The molecule has 4 heteroatoms. The first-order valence-electron chi connectivity index (χ1n) is 14.8. The molecule has 2 aliphatic carbocycles. The van der Waals surface area contributed by atoms with E-state index in [0.29, 0.717) is 18.5 Å². The zero-order valence-corrected chi connectivity index (χ0v) is 23.9. The van der Waals surface area contributed by atoms with Gasteiger partial charge in [0.1, 0.15) is 5.75 Å². The second-order valence-corrected chi connectivity index (χ2v) is 12.4. The summed E-state index contributed by atoms with van der Waals surface area (Å²) in [7, 11) is 1.70. The Balaban J connectivity index is 1.08. The molecule has 1 amide bonds. The van der Waals surface area contributed by atoms with Crippen LogP contribution in [0.25, 0.3) is 11.1 Å². The van der Waals surface area contributed by atoms with Gasteiger partial charge in [-0.1, -0.05) is 50.2 Å². The average Bonchev–Trinajstić information content (AvgIpc) is 3.76. The number of amides is 1. The van der Waals surface area contributed by atoms with Gasteiger partial charge in [-0.25, -0.2) is 0 Å². The van der Waals surface area contributed by atoms with Gasteiger partial charge in [0.25, 0.3) is 5.91 Å². The van der Waals surface area contributed by atoms with E-state index in [-0.39, 0.29) is 11.3 Å². The fourth-order valence-corrected chi connectivity index (χ4v) is 7.05. The number of benzene rings is 3. The molecule has 1 heterocycles. The number of rotatable bonds is 8. The second kappa shape index (κ2) is 10.5. The molecule has 1 aliphatic heterocycles. The standard InChI is InChI=1S/C35H42N2O2/c1-23-19-28(13-14-33(23)39-4)27-9-7-25(8-10-27)15-17-36-34(38)30-12-11-29-21-32-24(2)35(3,31(29)20-30)16-18-37(32)22-26-5-6-26/h7-14,19-20,24,26,32H,5-6,15-18,21-22H2,1-4H3,(H,36,38)/t24-,32+,35+/m0/s1. The molecular weight excluding hydrogens is 480 g/mol. The van der Waals surface area contributed by atoms with E-state index in [1.807, 2.05) is 12.1 Å². The summed E-state index contributed by atoms with van der Waals surface area (Å²) in [6.45, 7) is 10.1. The van der Waals surface area contributed by atoms with Gasteiger partial charge in [0, 0.05) is 24.7 Å². The molecule has 1 N–H and O–H groups in total. The molecule has 1 saturated heterocycles. The van der Waals surface area contributed by atoms with Crippen LogP contribution in [0.1, 0.15) is 65.7 Å². The summed E-state index contributed by atoms with van der Waals surface area (Å²) >= 11 is 0. The minimum Gasteiger partial charge on any atom is -0.496 e. The van der Waals surface area contributed by atoms with E-state index in [4.69, 9.17) is 4.74 Å². The van der Waals surface area contributed by atoms with Crippen LogP contribution in [0, 0.1) is 18.8 Å². The van der Waals surface area contributed by atoms with Crippen molar-refractivity contribution in [3.8, 4) is 16.9 Å². The van der Waals surface area contributed by atoms with Crippen molar-refractivity contribution in [3.05, 3.63) is 88.5 Å². The monoisotopic (exact) mass is 522 g/mol. The van der Waals surface area contributed by atoms with Crippen molar-refractivity contribution in [2.75, 3.05) is 26.7 Å². The zero-order chi connectivity index (χ0) is 27.1. The minimum absolute atomic E-state index is 0.0349. The van der Waals surface area contributed by atoms with Crippen molar-refractivity contribution in [3.63, 3.8) is 0 Å². The summed E-state index contributed by atoms with van der Waals surface area (Å²) in [5.74, 6) is 2.49. The highest BCUT2D eigenvalue weighted by atomic mass is 16.5. The van der Waals surface area contributed by atoms with Gasteiger partial charge in [-0.3, -0.25) is 9.69 Å². The quantitative estimate of drug-likeness (QED) is 0.363. The molecule has 3 aromatic rings. The van der Waals surface area contributed by atoms with E-state index in [9.17, 15) is 4.79 Å². The average molecular weight is 523 g/mol. The number of fused-ring (bicyclic) bond motifs is 4. The number of hydrogen-bond donors (Lipinski definition) is 1. The smallest absolute Gasteiger partial charge is 0.251 e. The number of nitrogens with zero attached hydrogens (tertiary/aromatic N) is 1. The summed E-state index contributed by atoms with van der Waals surface area (Å²) < 4.78 is 5.39. The summed E-state index contributed by atoms with van der Waals surface area (Å²) in [5, 5.41) is 3.17. The molecule has 0 unspecified atom stereocenters. The Hall–Kier alpha value is -3.11. The van der Waals surface area contributed by atoms with Crippen molar-refractivity contribution in [1.82, 2.24) is 10.2 Å². The van der Waals surface area contributed by atoms with Crippen molar-refractivity contribution in [2.45, 2.75) is 64.3 Å². The topological polar surface area (TPSA) is 41.6 Å². The number of ether oxygens (including phenoxy) is 1. The van der Waals surface area contributed by atoms with Crippen LogP contribution in [0.2, 0.25) is 0 Å². The van der Waals surface area contributed by atoms with Crippen LogP contribution >= 0.6 is 0 Å². The molecule has 0 radical (unpaired) electrons. The molecule has 3 aliphatic rings. The lowest BCUT2D eigenvalue weighted by molar-refractivity contribution is 0.0284. The lowest BCUT2D eigenvalue weighted by Crippen LogP contribution is -2.58.